The molecule has 3 rings (SSSR count). The molecule has 0 heterocycles. The smallest absolute Gasteiger partial charge is 0.274 e. The molecule has 5 nitrogen and oxygen atoms in total. The van der Waals surface area contributed by atoms with Crippen molar-refractivity contribution in [2.45, 2.75) is 6.61 Å². The minimum atomic E-state index is -0.815. The number of halogens is 4. The Hall–Kier alpha value is -2.92. The van der Waals surface area contributed by atoms with Gasteiger partial charge in [-0.05, 0) is 53.6 Å². The predicted molar refractivity (Wildman–Crippen MR) is 121 cm³/mol. The lowest BCUT2D eigenvalue weighted by Crippen LogP contribution is -2.19. The summed E-state index contributed by atoms with van der Waals surface area (Å²) in [5, 5.41) is 13.1. The summed E-state index contributed by atoms with van der Waals surface area (Å²) in [5.41, 5.74) is 3.55. The largest absolute Gasteiger partial charge is 0.486 e. The molecule has 3 aromatic carbocycles. The second-order valence-corrected chi connectivity index (χ2v) is 7.96. The Balaban J connectivity index is 1.65. The molecule has 9 heteroatoms. The fourth-order valence-corrected chi connectivity index (χ4v) is 3.40. The van der Waals surface area contributed by atoms with Gasteiger partial charge in [-0.15, -0.1) is 0 Å². The van der Waals surface area contributed by atoms with Crippen molar-refractivity contribution in [2.75, 3.05) is 0 Å². The van der Waals surface area contributed by atoms with E-state index in [1.54, 1.807) is 18.2 Å². The first kappa shape index (κ1) is 22.8. The molecular formula is C22H13BrCl2FN3O2. The van der Waals surface area contributed by atoms with Gasteiger partial charge in [0.05, 0.1) is 33.5 Å². The molecule has 0 aliphatic heterocycles. The number of amides is 1. The van der Waals surface area contributed by atoms with E-state index < -0.39 is 11.7 Å². The summed E-state index contributed by atoms with van der Waals surface area (Å²) >= 11 is 15.9. The van der Waals surface area contributed by atoms with E-state index in [0.717, 1.165) is 16.1 Å². The number of nitrogens with zero attached hydrogens (tertiary/aromatic N) is 2. The molecule has 0 aliphatic rings. The van der Waals surface area contributed by atoms with E-state index in [1.165, 1.54) is 18.3 Å². The van der Waals surface area contributed by atoms with Crippen molar-refractivity contribution >= 4 is 51.3 Å². The number of nitriles is 1. The zero-order valence-corrected chi connectivity index (χ0v) is 18.8. The number of benzene rings is 3. The number of hydrogen-bond donors (Lipinski definition) is 1. The van der Waals surface area contributed by atoms with Gasteiger partial charge in [-0.3, -0.25) is 4.79 Å². The summed E-state index contributed by atoms with van der Waals surface area (Å²) in [6.07, 6.45) is 1.32. The Morgan fingerprint density at radius 3 is 2.45 bits per heavy atom. The predicted octanol–water partition coefficient (Wildman–Crippen LogP) is 6.11. The monoisotopic (exact) mass is 519 g/mol. The van der Waals surface area contributed by atoms with Crippen molar-refractivity contribution in [3.63, 3.8) is 0 Å². The average molecular weight is 521 g/mol. The van der Waals surface area contributed by atoms with Gasteiger partial charge in [-0.1, -0.05) is 51.3 Å². The highest BCUT2D eigenvalue weighted by Gasteiger charge is 2.12. The van der Waals surface area contributed by atoms with Crippen LogP contribution < -0.4 is 10.2 Å². The first-order valence-electron chi connectivity index (χ1n) is 8.76. The SMILES string of the molecule is N#Cc1ccc(C(=O)N/N=C\c2cc(Cl)c(OCc3ccc(Br)cc3)c(Cl)c2)c(F)c1. The van der Waals surface area contributed by atoms with Gasteiger partial charge in [0.25, 0.3) is 5.91 Å². The summed E-state index contributed by atoms with van der Waals surface area (Å²) in [7, 11) is 0. The van der Waals surface area contributed by atoms with Crippen LogP contribution >= 0.6 is 39.1 Å². The van der Waals surface area contributed by atoms with Crippen molar-refractivity contribution in [3.8, 4) is 11.8 Å². The van der Waals surface area contributed by atoms with E-state index >= 15 is 0 Å². The molecule has 0 fully saturated rings. The van der Waals surface area contributed by atoms with Gasteiger partial charge >= 0.3 is 0 Å². The minimum Gasteiger partial charge on any atom is -0.486 e. The van der Waals surface area contributed by atoms with Crippen LogP contribution in [0.1, 0.15) is 27.0 Å². The Kier molecular flexibility index (Phi) is 7.64. The maximum absolute atomic E-state index is 13.9. The summed E-state index contributed by atoms with van der Waals surface area (Å²) < 4.78 is 20.6. The first-order valence-corrected chi connectivity index (χ1v) is 10.3. The molecule has 0 aromatic heterocycles. The highest BCUT2D eigenvalue weighted by atomic mass is 79.9. The van der Waals surface area contributed by atoms with E-state index in [9.17, 15) is 9.18 Å². The minimum absolute atomic E-state index is 0.115. The number of carbonyl (C=O) groups is 1. The van der Waals surface area contributed by atoms with Gasteiger partial charge in [0.1, 0.15) is 12.4 Å². The van der Waals surface area contributed by atoms with Crippen LogP contribution in [0.4, 0.5) is 4.39 Å². The highest BCUT2D eigenvalue weighted by molar-refractivity contribution is 9.10. The lowest BCUT2D eigenvalue weighted by Gasteiger charge is -2.11. The lowest BCUT2D eigenvalue weighted by molar-refractivity contribution is 0.0951. The van der Waals surface area contributed by atoms with Crippen molar-refractivity contribution in [2.24, 2.45) is 5.10 Å². The fourth-order valence-electron chi connectivity index (χ4n) is 2.52. The molecule has 0 saturated carbocycles. The Morgan fingerprint density at radius 2 is 1.84 bits per heavy atom. The number of carbonyl (C=O) groups excluding carboxylic acids is 1. The molecule has 156 valence electrons. The Labute approximate surface area is 196 Å². The average Bonchev–Trinajstić information content (AvgIpc) is 2.74. The van der Waals surface area contributed by atoms with Crippen LogP contribution in [-0.2, 0) is 6.61 Å². The summed E-state index contributed by atoms with van der Waals surface area (Å²) in [6, 6.07) is 16.1. The van der Waals surface area contributed by atoms with E-state index in [2.05, 4.69) is 26.5 Å². The number of hydrogen-bond acceptors (Lipinski definition) is 4. The maximum Gasteiger partial charge on any atom is 0.274 e. The van der Waals surface area contributed by atoms with Crippen LogP contribution in [0, 0.1) is 17.1 Å². The molecule has 0 saturated heterocycles. The topological polar surface area (TPSA) is 74.5 Å². The number of ether oxygens (including phenoxy) is 1. The third-order valence-corrected chi connectivity index (χ3v) is 5.13. The molecule has 0 aliphatic carbocycles. The van der Waals surface area contributed by atoms with Crippen LogP contribution in [0.5, 0.6) is 5.75 Å². The first-order chi connectivity index (χ1) is 14.9. The van der Waals surface area contributed by atoms with E-state index in [-0.39, 0.29) is 27.8 Å². The van der Waals surface area contributed by atoms with Crippen molar-refractivity contribution < 1.29 is 13.9 Å². The van der Waals surface area contributed by atoms with Crippen molar-refractivity contribution in [1.29, 1.82) is 5.26 Å². The van der Waals surface area contributed by atoms with Gasteiger partial charge < -0.3 is 4.74 Å². The second kappa shape index (κ2) is 10.4. The van der Waals surface area contributed by atoms with E-state index in [4.69, 9.17) is 33.2 Å². The van der Waals surface area contributed by atoms with Gasteiger partial charge in [0.15, 0.2) is 5.75 Å². The number of hydrazone groups is 1. The molecule has 0 spiro atoms. The van der Waals surface area contributed by atoms with Crippen LogP contribution in [0.25, 0.3) is 0 Å². The Bertz CT molecular complexity index is 1170. The maximum atomic E-state index is 13.9. The van der Waals surface area contributed by atoms with Gasteiger partial charge in [0, 0.05) is 4.47 Å². The van der Waals surface area contributed by atoms with Gasteiger partial charge in [-0.25, -0.2) is 9.82 Å². The molecule has 0 unspecified atom stereocenters. The number of nitrogens with one attached hydrogen (secondary N) is 1. The van der Waals surface area contributed by atoms with Gasteiger partial charge in [0.2, 0.25) is 0 Å². The Morgan fingerprint density at radius 1 is 1.16 bits per heavy atom. The third kappa shape index (κ3) is 6.05. The second-order valence-electron chi connectivity index (χ2n) is 6.23. The van der Waals surface area contributed by atoms with Crippen LogP contribution in [-0.4, -0.2) is 12.1 Å². The molecule has 0 atom stereocenters. The molecule has 0 radical (unpaired) electrons. The third-order valence-electron chi connectivity index (χ3n) is 4.04. The molecule has 0 bridgehead atoms. The van der Waals surface area contributed by atoms with Crippen LogP contribution in [0.3, 0.4) is 0 Å². The van der Waals surface area contributed by atoms with E-state index in [0.29, 0.717) is 11.3 Å². The summed E-state index contributed by atoms with van der Waals surface area (Å²) in [6.45, 7) is 0.284. The van der Waals surface area contributed by atoms with Crippen LogP contribution in [0.15, 0.2) is 64.2 Å². The van der Waals surface area contributed by atoms with Crippen LogP contribution in [0.2, 0.25) is 10.0 Å². The van der Waals surface area contributed by atoms with Gasteiger partial charge in [-0.2, -0.15) is 10.4 Å². The summed E-state index contributed by atoms with van der Waals surface area (Å²) in [5.74, 6) is -1.25. The number of rotatable bonds is 6. The molecule has 1 N–H and O–H groups in total. The zero-order chi connectivity index (χ0) is 22.4. The normalized spacial score (nSPS) is 10.7. The van der Waals surface area contributed by atoms with Crippen molar-refractivity contribution in [3.05, 3.63) is 97.2 Å². The van der Waals surface area contributed by atoms with Crippen molar-refractivity contribution in [1.82, 2.24) is 5.43 Å². The zero-order valence-electron chi connectivity index (χ0n) is 15.7. The molecule has 31 heavy (non-hydrogen) atoms. The lowest BCUT2D eigenvalue weighted by atomic mass is 10.1. The molecule has 3 aromatic rings. The molecule has 1 amide bonds. The fraction of sp³-hybridized carbons (Fsp3) is 0.0455. The standard InChI is InChI=1S/C22H13BrCl2FN3O2/c23-16-4-1-13(2-5-16)12-31-21-18(24)7-15(8-19(21)25)11-28-29-22(30)17-6-3-14(10-27)9-20(17)26/h1-9,11H,12H2,(H,29,30)/b28-11-. The van der Waals surface area contributed by atoms with E-state index in [1.807, 2.05) is 24.3 Å². The quantitative estimate of drug-likeness (QED) is 0.314. The molecular weight excluding hydrogens is 508 g/mol. The highest BCUT2D eigenvalue weighted by Crippen LogP contribution is 2.34. The summed E-state index contributed by atoms with van der Waals surface area (Å²) in [4.78, 5) is 12.1.